The fourth-order valence-electron chi connectivity index (χ4n) is 1.51. The molecule has 5 nitrogen and oxygen atoms in total. The van der Waals surface area contributed by atoms with Crippen molar-refractivity contribution in [2.45, 2.75) is 12.8 Å². The summed E-state index contributed by atoms with van der Waals surface area (Å²) in [4.78, 5) is 22.6. The van der Waals surface area contributed by atoms with Crippen LogP contribution < -0.4 is 10.1 Å². The Morgan fingerprint density at radius 2 is 1.95 bits per heavy atom. The Balaban J connectivity index is 1.54. The quantitative estimate of drug-likeness (QED) is 0.615. The molecule has 1 aromatic carbocycles. The molecule has 6 heteroatoms. The van der Waals surface area contributed by atoms with Crippen LogP contribution in [0, 0.1) is 5.92 Å². The third-order valence-electron chi connectivity index (χ3n) is 2.76. The highest BCUT2D eigenvalue weighted by atomic mass is 35.5. The first kappa shape index (κ1) is 14.7. The molecule has 0 bridgehead atoms. The first-order chi connectivity index (χ1) is 9.65. The smallest absolute Gasteiger partial charge is 0.309 e. The third kappa shape index (κ3) is 5.09. The van der Waals surface area contributed by atoms with Crippen LogP contribution in [0.1, 0.15) is 12.8 Å². The number of halogens is 1. The van der Waals surface area contributed by atoms with E-state index in [2.05, 4.69) is 5.32 Å². The average Bonchev–Trinajstić information content (AvgIpc) is 3.27. The van der Waals surface area contributed by atoms with Gasteiger partial charge in [0.2, 0.25) is 0 Å². The summed E-state index contributed by atoms with van der Waals surface area (Å²) in [5.74, 6) is 0.0936. The van der Waals surface area contributed by atoms with Gasteiger partial charge in [-0.05, 0) is 37.1 Å². The van der Waals surface area contributed by atoms with E-state index in [0.717, 1.165) is 12.8 Å². The summed E-state index contributed by atoms with van der Waals surface area (Å²) in [6.45, 7) is 0.461. The van der Waals surface area contributed by atoms with Crippen LogP contribution in [0.4, 0.5) is 0 Å². The Morgan fingerprint density at radius 3 is 2.60 bits per heavy atom. The van der Waals surface area contributed by atoms with E-state index in [1.165, 1.54) is 0 Å². The lowest BCUT2D eigenvalue weighted by Crippen LogP contribution is -2.32. The predicted molar refractivity (Wildman–Crippen MR) is 73.6 cm³/mol. The van der Waals surface area contributed by atoms with E-state index >= 15 is 0 Å². The van der Waals surface area contributed by atoms with Crippen molar-refractivity contribution in [1.82, 2.24) is 5.32 Å². The van der Waals surface area contributed by atoms with E-state index in [1.54, 1.807) is 24.3 Å². The molecule has 0 heterocycles. The van der Waals surface area contributed by atoms with Gasteiger partial charge >= 0.3 is 5.97 Å². The van der Waals surface area contributed by atoms with Gasteiger partial charge < -0.3 is 14.8 Å². The third-order valence-corrected chi connectivity index (χ3v) is 3.01. The normalized spacial score (nSPS) is 13.7. The second-order valence-corrected chi connectivity index (χ2v) is 4.97. The zero-order valence-corrected chi connectivity index (χ0v) is 11.7. The summed E-state index contributed by atoms with van der Waals surface area (Å²) >= 11 is 5.75. The topological polar surface area (TPSA) is 64.6 Å². The molecule has 1 aromatic rings. The molecule has 0 aliphatic heterocycles. The van der Waals surface area contributed by atoms with Crippen molar-refractivity contribution in [2.75, 3.05) is 19.8 Å². The van der Waals surface area contributed by atoms with Crippen molar-refractivity contribution >= 4 is 23.5 Å². The maximum Gasteiger partial charge on any atom is 0.309 e. The van der Waals surface area contributed by atoms with Gasteiger partial charge in [-0.2, -0.15) is 0 Å². The maximum absolute atomic E-state index is 11.4. The van der Waals surface area contributed by atoms with Gasteiger partial charge in [0, 0.05) is 5.02 Å². The Kier molecular flexibility index (Phi) is 5.24. The Labute approximate surface area is 122 Å². The molecule has 1 aliphatic carbocycles. The van der Waals surface area contributed by atoms with Gasteiger partial charge in [0.15, 0.2) is 6.61 Å². The zero-order valence-electron chi connectivity index (χ0n) is 10.9. The van der Waals surface area contributed by atoms with Crippen molar-refractivity contribution in [3.8, 4) is 5.75 Å². The molecule has 1 saturated carbocycles. The highest BCUT2D eigenvalue weighted by Gasteiger charge is 2.31. The zero-order chi connectivity index (χ0) is 14.4. The monoisotopic (exact) mass is 297 g/mol. The van der Waals surface area contributed by atoms with Crippen LogP contribution in [0.2, 0.25) is 5.02 Å². The SMILES string of the molecule is O=C(COC(=O)C1CC1)NCCOc1ccc(Cl)cc1. The molecular formula is C14H16ClNO4. The minimum Gasteiger partial charge on any atom is -0.492 e. The largest absolute Gasteiger partial charge is 0.492 e. The number of esters is 1. The number of ether oxygens (including phenoxy) is 2. The number of carbonyl (C=O) groups excluding carboxylic acids is 2. The van der Waals surface area contributed by atoms with Gasteiger partial charge in [-0.25, -0.2) is 0 Å². The summed E-state index contributed by atoms with van der Waals surface area (Å²) in [6, 6.07) is 6.96. The van der Waals surface area contributed by atoms with Gasteiger partial charge in [-0.3, -0.25) is 9.59 Å². The molecule has 1 fully saturated rings. The number of benzene rings is 1. The fraction of sp³-hybridized carbons (Fsp3) is 0.429. The molecule has 108 valence electrons. The summed E-state index contributed by atoms with van der Waals surface area (Å²) in [5.41, 5.74) is 0. The van der Waals surface area contributed by atoms with E-state index < -0.39 is 0 Å². The number of hydrogen-bond donors (Lipinski definition) is 1. The van der Waals surface area contributed by atoms with Crippen LogP contribution in [0.25, 0.3) is 0 Å². The van der Waals surface area contributed by atoms with Crippen LogP contribution in [0.15, 0.2) is 24.3 Å². The van der Waals surface area contributed by atoms with E-state index in [-0.39, 0.29) is 24.4 Å². The maximum atomic E-state index is 11.4. The van der Waals surface area contributed by atoms with Crippen LogP contribution in [0.5, 0.6) is 5.75 Å². The number of hydrogen-bond acceptors (Lipinski definition) is 4. The molecule has 0 radical (unpaired) electrons. The highest BCUT2D eigenvalue weighted by molar-refractivity contribution is 6.30. The van der Waals surface area contributed by atoms with Crippen LogP contribution in [0.3, 0.4) is 0 Å². The molecule has 0 aromatic heterocycles. The number of carbonyl (C=O) groups is 2. The lowest BCUT2D eigenvalue weighted by Gasteiger charge is -2.08. The molecule has 1 aliphatic rings. The Morgan fingerprint density at radius 1 is 1.25 bits per heavy atom. The standard InChI is InChI=1S/C14H16ClNO4/c15-11-3-5-12(6-4-11)19-8-7-16-13(17)9-20-14(18)10-1-2-10/h3-6,10H,1-2,7-9H2,(H,16,17). The summed E-state index contributed by atoms with van der Waals surface area (Å²) in [7, 11) is 0. The van der Waals surface area contributed by atoms with Crippen molar-refractivity contribution in [1.29, 1.82) is 0 Å². The van der Waals surface area contributed by atoms with Gasteiger partial charge in [0.05, 0.1) is 12.5 Å². The van der Waals surface area contributed by atoms with Crippen molar-refractivity contribution in [3.63, 3.8) is 0 Å². The summed E-state index contributed by atoms with van der Waals surface area (Å²) < 4.78 is 10.3. The van der Waals surface area contributed by atoms with Gasteiger partial charge in [-0.1, -0.05) is 11.6 Å². The molecule has 2 rings (SSSR count). The minimum atomic E-state index is -0.321. The lowest BCUT2D eigenvalue weighted by molar-refractivity contribution is -0.149. The number of rotatable bonds is 7. The van der Waals surface area contributed by atoms with Crippen LogP contribution in [-0.2, 0) is 14.3 Å². The van der Waals surface area contributed by atoms with E-state index in [9.17, 15) is 9.59 Å². The Bertz CT molecular complexity index is 471. The first-order valence-electron chi connectivity index (χ1n) is 6.47. The second-order valence-electron chi connectivity index (χ2n) is 4.53. The van der Waals surface area contributed by atoms with Crippen molar-refractivity contribution in [3.05, 3.63) is 29.3 Å². The van der Waals surface area contributed by atoms with Crippen molar-refractivity contribution in [2.24, 2.45) is 5.92 Å². The molecule has 0 atom stereocenters. The molecule has 20 heavy (non-hydrogen) atoms. The van der Waals surface area contributed by atoms with Gasteiger partial charge in [-0.15, -0.1) is 0 Å². The average molecular weight is 298 g/mol. The molecular weight excluding hydrogens is 282 g/mol. The fourth-order valence-corrected chi connectivity index (χ4v) is 1.64. The van der Waals surface area contributed by atoms with Gasteiger partial charge in [0.25, 0.3) is 5.91 Å². The molecule has 0 unspecified atom stereocenters. The second kappa shape index (κ2) is 7.14. The van der Waals surface area contributed by atoms with Gasteiger partial charge in [0.1, 0.15) is 12.4 Å². The minimum absolute atomic E-state index is 0.0102. The molecule has 1 N–H and O–H groups in total. The van der Waals surface area contributed by atoms with Crippen LogP contribution >= 0.6 is 11.6 Å². The molecule has 1 amide bonds. The first-order valence-corrected chi connectivity index (χ1v) is 6.84. The van der Waals surface area contributed by atoms with E-state index in [0.29, 0.717) is 23.9 Å². The molecule has 0 spiro atoms. The molecule has 0 saturated heterocycles. The van der Waals surface area contributed by atoms with E-state index in [4.69, 9.17) is 21.1 Å². The lowest BCUT2D eigenvalue weighted by atomic mass is 10.3. The van der Waals surface area contributed by atoms with E-state index in [1.807, 2.05) is 0 Å². The summed E-state index contributed by atoms with van der Waals surface area (Å²) in [5, 5.41) is 3.25. The predicted octanol–water partition coefficient (Wildman–Crippen LogP) is 1.79. The number of nitrogens with one attached hydrogen (secondary N) is 1. The summed E-state index contributed by atoms with van der Waals surface area (Å²) in [6.07, 6.45) is 1.74. The van der Waals surface area contributed by atoms with Crippen molar-refractivity contribution < 1.29 is 19.1 Å². The van der Waals surface area contributed by atoms with Crippen LogP contribution in [-0.4, -0.2) is 31.6 Å². The number of amides is 1. The highest BCUT2D eigenvalue weighted by Crippen LogP contribution is 2.29. The Hall–Kier alpha value is -1.75.